The monoisotopic (exact) mass is 348 g/mol. The van der Waals surface area contributed by atoms with Crippen LogP contribution in [0.5, 0.6) is 5.75 Å². The zero-order valence-electron chi connectivity index (χ0n) is 14.9. The number of hydrogen-bond acceptors (Lipinski definition) is 4. The van der Waals surface area contributed by atoms with Crippen LogP contribution in [0.2, 0.25) is 0 Å². The van der Waals surface area contributed by atoms with Gasteiger partial charge in [0.25, 0.3) is 0 Å². The zero-order chi connectivity index (χ0) is 18.2. The molecule has 0 aliphatic carbocycles. The van der Waals surface area contributed by atoms with Gasteiger partial charge in [0.15, 0.2) is 0 Å². The molecule has 1 unspecified atom stereocenters. The molecule has 26 heavy (non-hydrogen) atoms. The second-order valence-corrected chi connectivity index (χ2v) is 6.32. The molecule has 0 bridgehead atoms. The lowest BCUT2D eigenvalue weighted by Crippen LogP contribution is -2.21. The summed E-state index contributed by atoms with van der Waals surface area (Å²) in [6.07, 6.45) is 3.03. The highest BCUT2D eigenvalue weighted by molar-refractivity contribution is 5.33. The molecule has 0 aliphatic heterocycles. The fraction of sp³-hybridized carbons (Fsp3) is 0.227. The molecule has 0 saturated heterocycles. The van der Waals surface area contributed by atoms with Crippen molar-refractivity contribution in [3.05, 3.63) is 95.3 Å². The molecule has 0 radical (unpaired) electrons. The van der Waals surface area contributed by atoms with Crippen LogP contribution >= 0.6 is 0 Å². The van der Waals surface area contributed by atoms with Gasteiger partial charge in [-0.1, -0.05) is 54.1 Å². The van der Waals surface area contributed by atoms with Crippen molar-refractivity contribution in [3.63, 3.8) is 0 Å². The summed E-state index contributed by atoms with van der Waals surface area (Å²) in [6, 6.07) is 19.8. The highest BCUT2D eigenvalue weighted by atomic mass is 16.5. The van der Waals surface area contributed by atoms with Crippen molar-refractivity contribution in [2.24, 2.45) is 0 Å². The maximum absolute atomic E-state index is 10.3. The summed E-state index contributed by atoms with van der Waals surface area (Å²) < 4.78 is 5.94. The van der Waals surface area contributed by atoms with Crippen LogP contribution in [0.4, 0.5) is 0 Å². The first-order valence-electron chi connectivity index (χ1n) is 8.77. The predicted octanol–water partition coefficient (Wildman–Crippen LogP) is 3.79. The first-order chi connectivity index (χ1) is 12.7. The average Bonchev–Trinajstić information content (AvgIpc) is 2.68. The summed E-state index contributed by atoms with van der Waals surface area (Å²) in [4.78, 5) is 4.10. The summed E-state index contributed by atoms with van der Waals surface area (Å²) in [7, 11) is 0. The first kappa shape index (κ1) is 18.1. The molecule has 0 aliphatic rings. The van der Waals surface area contributed by atoms with Gasteiger partial charge in [0.1, 0.15) is 12.4 Å². The Morgan fingerprint density at radius 3 is 2.77 bits per heavy atom. The molecule has 2 aromatic carbocycles. The number of hydrogen-bond donors (Lipinski definition) is 2. The molecule has 0 amide bonds. The minimum atomic E-state index is -0.529. The SMILES string of the molecule is Cc1cccc(C(O)CNCc2ccccc2OCc2cccnc2)c1. The van der Waals surface area contributed by atoms with Gasteiger partial charge < -0.3 is 15.2 Å². The van der Waals surface area contributed by atoms with Crippen molar-refractivity contribution < 1.29 is 9.84 Å². The molecule has 4 nitrogen and oxygen atoms in total. The highest BCUT2D eigenvalue weighted by Crippen LogP contribution is 2.20. The normalized spacial score (nSPS) is 11.9. The maximum Gasteiger partial charge on any atom is 0.124 e. The van der Waals surface area contributed by atoms with Crippen LogP contribution in [0.15, 0.2) is 73.1 Å². The largest absolute Gasteiger partial charge is 0.489 e. The molecule has 0 fully saturated rings. The Balaban J connectivity index is 1.55. The van der Waals surface area contributed by atoms with E-state index in [9.17, 15) is 5.11 Å². The molecule has 134 valence electrons. The molecule has 1 heterocycles. The number of aromatic nitrogens is 1. The maximum atomic E-state index is 10.3. The van der Waals surface area contributed by atoms with Gasteiger partial charge in [-0.25, -0.2) is 0 Å². The fourth-order valence-corrected chi connectivity index (χ4v) is 2.77. The Kier molecular flexibility index (Phi) is 6.36. The van der Waals surface area contributed by atoms with E-state index in [2.05, 4.69) is 10.3 Å². The first-order valence-corrected chi connectivity index (χ1v) is 8.77. The molecule has 3 aromatic rings. The van der Waals surface area contributed by atoms with E-state index in [4.69, 9.17) is 4.74 Å². The van der Waals surface area contributed by atoms with Crippen molar-refractivity contribution in [2.45, 2.75) is 26.2 Å². The summed E-state index contributed by atoms with van der Waals surface area (Å²) in [5, 5.41) is 13.7. The Bertz CT molecular complexity index is 821. The average molecular weight is 348 g/mol. The molecule has 1 atom stereocenters. The van der Waals surface area contributed by atoms with Crippen molar-refractivity contribution in [3.8, 4) is 5.75 Å². The Labute approximate surface area is 154 Å². The summed E-state index contributed by atoms with van der Waals surface area (Å²) >= 11 is 0. The van der Waals surface area contributed by atoms with Crippen LogP contribution < -0.4 is 10.1 Å². The van der Waals surface area contributed by atoms with E-state index in [0.29, 0.717) is 19.7 Å². The van der Waals surface area contributed by atoms with E-state index < -0.39 is 6.10 Å². The molecular weight excluding hydrogens is 324 g/mol. The van der Waals surface area contributed by atoms with Gasteiger partial charge >= 0.3 is 0 Å². The van der Waals surface area contributed by atoms with Gasteiger partial charge in [-0.2, -0.15) is 0 Å². The Hall–Kier alpha value is -2.69. The number of nitrogens with zero attached hydrogens (tertiary/aromatic N) is 1. The number of aryl methyl sites for hydroxylation is 1. The number of benzene rings is 2. The number of aliphatic hydroxyl groups excluding tert-OH is 1. The predicted molar refractivity (Wildman–Crippen MR) is 103 cm³/mol. The van der Waals surface area contributed by atoms with Crippen molar-refractivity contribution in [1.29, 1.82) is 0 Å². The van der Waals surface area contributed by atoms with Gasteiger partial charge in [0.05, 0.1) is 6.10 Å². The van der Waals surface area contributed by atoms with Crippen molar-refractivity contribution in [2.75, 3.05) is 6.54 Å². The van der Waals surface area contributed by atoms with Crippen molar-refractivity contribution in [1.82, 2.24) is 10.3 Å². The number of aliphatic hydroxyl groups is 1. The Morgan fingerprint density at radius 1 is 1.08 bits per heavy atom. The van der Waals surface area contributed by atoms with Crippen LogP contribution in [0.1, 0.15) is 28.4 Å². The second kappa shape index (κ2) is 9.13. The standard InChI is InChI=1S/C22H24N2O2/c1-17-6-4-9-19(12-17)21(25)15-24-14-20-8-2-3-10-22(20)26-16-18-7-5-11-23-13-18/h2-13,21,24-25H,14-16H2,1H3. The van der Waals surface area contributed by atoms with E-state index in [1.54, 1.807) is 12.4 Å². The molecule has 0 saturated carbocycles. The third-order valence-corrected chi connectivity index (χ3v) is 4.17. The van der Waals surface area contributed by atoms with Gasteiger partial charge in [-0.3, -0.25) is 4.98 Å². The summed E-state index contributed by atoms with van der Waals surface area (Å²) in [6.45, 7) is 3.63. The van der Waals surface area contributed by atoms with Crippen LogP contribution in [-0.4, -0.2) is 16.6 Å². The van der Waals surface area contributed by atoms with E-state index in [1.165, 1.54) is 0 Å². The van der Waals surface area contributed by atoms with Gasteiger partial charge in [-0.15, -0.1) is 0 Å². The van der Waals surface area contributed by atoms with Crippen molar-refractivity contribution >= 4 is 0 Å². The minimum absolute atomic E-state index is 0.483. The van der Waals surface area contributed by atoms with Crippen LogP contribution in [0.25, 0.3) is 0 Å². The lowest BCUT2D eigenvalue weighted by atomic mass is 10.1. The molecule has 3 rings (SSSR count). The van der Waals surface area contributed by atoms with E-state index in [0.717, 1.165) is 28.0 Å². The fourth-order valence-electron chi connectivity index (χ4n) is 2.77. The minimum Gasteiger partial charge on any atom is -0.489 e. The highest BCUT2D eigenvalue weighted by Gasteiger charge is 2.08. The lowest BCUT2D eigenvalue weighted by molar-refractivity contribution is 0.174. The lowest BCUT2D eigenvalue weighted by Gasteiger charge is -2.15. The topological polar surface area (TPSA) is 54.4 Å². The molecule has 1 aromatic heterocycles. The zero-order valence-corrected chi connectivity index (χ0v) is 14.9. The second-order valence-electron chi connectivity index (χ2n) is 6.32. The number of pyridine rings is 1. The third-order valence-electron chi connectivity index (χ3n) is 4.17. The van der Waals surface area contributed by atoms with Gasteiger partial charge in [-0.05, 0) is 24.6 Å². The van der Waals surface area contributed by atoms with Crippen LogP contribution in [-0.2, 0) is 13.2 Å². The third kappa shape index (κ3) is 5.15. The summed E-state index contributed by atoms with van der Waals surface area (Å²) in [5.74, 6) is 0.842. The molecule has 2 N–H and O–H groups in total. The number of nitrogens with one attached hydrogen (secondary N) is 1. The van der Waals surface area contributed by atoms with Gasteiger partial charge in [0, 0.05) is 36.6 Å². The summed E-state index contributed by atoms with van der Waals surface area (Å²) in [5.41, 5.74) is 4.17. The van der Waals surface area contributed by atoms with E-state index in [-0.39, 0.29) is 0 Å². The van der Waals surface area contributed by atoms with Gasteiger partial charge in [0.2, 0.25) is 0 Å². The molecular formula is C22H24N2O2. The smallest absolute Gasteiger partial charge is 0.124 e. The Morgan fingerprint density at radius 2 is 1.96 bits per heavy atom. The van der Waals surface area contributed by atoms with Crippen LogP contribution in [0.3, 0.4) is 0 Å². The molecule has 4 heteroatoms. The number of rotatable bonds is 8. The van der Waals surface area contributed by atoms with E-state index >= 15 is 0 Å². The number of ether oxygens (including phenoxy) is 1. The molecule has 0 spiro atoms. The number of para-hydroxylation sites is 1. The quantitative estimate of drug-likeness (QED) is 0.650. The van der Waals surface area contributed by atoms with E-state index in [1.807, 2.05) is 67.6 Å². The van der Waals surface area contributed by atoms with Crippen LogP contribution in [0, 0.1) is 6.92 Å².